The molecular weight excluding hydrogens is 228 g/mol. The van der Waals surface area contributed by atoms with E-state index in [0.717, 1.165) is 0 Å². The van der Waals surface area contributed by atoms with Crippen LogP contribution in [0.3, 0.4) is 0 Å². The van der Waals surface area contributed by atoms with Gasteiger partial charge in [-0.1, -0.05) is 17.7 Å². The number of carbonyl (C=O) groups excluding carboxylic acids is 1. The molecule has 1 unspecified atom stereocenters. The van der Waals surface area contributed by atoms with Gasteiger partial charge in [0.1, 0.15) is 0 Å². The first kappa shape index (κ1) is 11.4. The Morgan fingerprint density at radius 3 is 2.88 bits per heavy atom. The van der Waals surface area contributed by atoms with Crippen LogP contribution < -0.4 is 10.6 Å². The second kappa shape index (κ2) is 4.41. The molecule has 3 N–H and O–H groups in total. The van der Waals surface area contributed by atoms with E-state index in [1.807, 2.05) is 0 Å². The van der Waals surface area contributed by atoms with Crippen LogP contribution >= 0.6 is 11.6 Å². The number of hydrogen-bond donors (Lipinski definition) is 2. The van der Waals surface area contributed by atoms with Crippen molar-refractivity contribution in [2.75, 3.05) is 11.4 Å². The number of hydrogen-bond acceptors (Lipinski definition) is 3. The molecule has 4 nitrogen and oxygen atoms in total. The van der Waals surface area contributed by atoms with Crippen molar-refractivity contribution in [1.29, 1.82) is 0 Å². The standard InChI is InChI=1S/C11H13ClN2O2/c12-8-2-1-7(6-15)10(3-8)14-5-9(13)4-11(14)16/h1-3,9,15H,4-6,13H2. The topological polar surface area (TPSA) is 66.6 Å². The van der Waals surface area contributed by atoms with Crippen molar-refractivity contribution >= 4 is 23.2 Å². The minimum Gasteiger partial charge on any atom is -0.392 e. The molecule has 1 amide bonds. The molecule has 16 heavy (non-hydrogen) atoms. The molecule has 0 radical (unpaired) electrons. The Labute approximate surface area is 98.6 Å². The molecule has 0 saturated carbocycles. The molecule has 0 spiro atoms. The minimum absolute atomic E-state index is 0.0236. The van der Waals surface area contributed by atoms with Crippen molar-refractivity contribution < 1.29 is 9.90 Å². The van der Waals surface area contributed by atoms with Gasteiger partial charge in [0.25, 0.3) is 0 Å². The van der Waals surface area contributed by atoms with Gasteiger partial charge in [-0.15, -0.1) is 0 Å². The Morgan fingerprint density at radius 1 is 1.56 bits per heavy atom. The Morgan fingerprint density at radius 2 is 2.31 bits per heavy atom. The summed E-state index contributed by atoms with van der Waals surface area (Å²) in [5, 5.41) is 9.75. The first-order valence-electron chi connectivity index (χ1n) is 5.07. The van der Waals surface area contributed by atoms with Gasteiger partial charge in [0.05, 0.1) is 12.3 Å². The molecule has 1 heterocycles. The number of aliphatic hydroxyl groups is 1. The molecule has 2 rings (SSSR count). The smallest absolute Gasteiger partial charge is 0.228 e. The number of carbonyl (C=O) groups is 1. The summed E-state index contributed by atoms with van der Waals surface area (Å²) in [6.45, 7) is 0.359. The Kier molecular flexibility index (Phi) is 3.14. The fraction of sp³-hybridized carbons (Fsp3) is 0.364. The lowest BCUT2D eigenvalue weighted by atomic mass is 10.1. The van der Waals surface area contributed by atoms with Crippen molar-refractivity contribution in [2.45, 2.75) is 19.1 Å². The van der Waals surface area contributed by atoms with E-state index >= 15 is 0 Å². The summed E-state index contributed by atoms with van der Waals surface area (Å²) in [4.78, 5) is 13.3. The number of amides is 1. The number of halogens is 1. The molecule has 1 aromatic rings. The third kappa shape index (κ3) is 2.04. The van der Waals surface area contributed by atoms with Gasteiger partial charge in [0.2, 0.25) is 5.91 Å². The lowest BCUT2D eigenvalue weighted by Crippen LogP contribution is -2.28. The van der Waals surface area contributed by atoms with Gasteiger partial charge >= 0.3 is 0 Å². The van der Waals surface area contributed by atoms with E-state index in [4.69, 9.17) is 17.3 Å². The van der Waals surface area contributed by atoms with E-state index < -0.39 is 0 Å². The molecular formula is C11H13ClN2O2. The highest BCUT2D eigenvalue weighted by Crippen LogP contribution is 2.28. The predicted molar refractivity (Wildman–Crippen MR) is 62.3 cm³/mol. The lowest BCUT2D eigenvalue weighted by Gasteiger charge is -2.19. The van der Waals surface area contributed by atoms with Crippen LogP contribution in [0.2, 0.25) is 5.02 Å². The van der Waals surface area contributed by atoms with E-state index in [-0.39, 0.29) is 18.6 Å². The van der Waals surface area contributed by atoms with Crippen LogP contribution in [0.25, 0.3) is 0 Å². The van der Waals surface area contributed by atoms with Gasteiger partial charge < -0.3 is 15.7 Å². The van der Waals surface area contributed by atoms with Crippen LogP contribution in [0, 0.1) is 0 Å². The van der Waals surface area contributed by atoms with Crippen molar-refractivity contribution in [1.82, 2.24) is 0 Å². The summed E-state index contributed by atoms with van der Waals surface area (Å²) < 4.78 is 0. The predicted octanol–water partition coefficient (Wildman–Crippen LogP) is 0.896. The van der Waals surface area contributed by atoms with Crippen LogP contribution in [0.15, 0.2) is 18.2 Å². The summed E-state index contributed by atoms with van der Waals surface area (Å²) in [7, 11) is 0. The van der Waals surface area contributed by atoms with Crippen LogP contribution in [0.5, 0.6) is 0 Å². The molecule has 1 saturated heterocycles. The molecule has 1 aliphatic heterocycles. The molecule has 1 atom stereocenters. The summed E-state index contributed by atoms with van der Waals surface area (Å²) in [6, 6.07) is 4.95. The monoisotopic (exact) mass is 240 g/mol. The number of anilines is 1. The number of rotatable bonds is 2. The maximum atomic E-state index is 11.7. The summed E-state index contributed by atoms with van der Waals surface area (Å²) >= 11 is 5.89. The molecule has 0 aliphatic carbocycles. The Bertz CT molecular complexity index is 422. The maximum Gasteiger partial charge on any atom is 0.228 e. The largest absolute Gasteiger partial charge is 0.392 e. The molecule has 1 fully saturated rings. The number of nitrogens with two attached hydrogens (primary N) is 1. The lowest BCUT2D eigenvalue weighted by molar-refractivity contribution is -0.117. The van der Waals surface area contributed by atoms with Gasteiger partial charge in [0, 0.05) is 29.6 Å². The van der Waals surface area contributed by atoms with Crippen LogP contribution in [-0.4, -0.2) is 23.6 Å². The zero-order chi connectivity index (χ0) is 11.7. The summed E-state index contributed by atoms with van der Waals surface area (Å²) in [5.74, 6) is -0.0236. The van der Waals surface area contributed by atoms with E-state index in [2.05, 4.69) is 0 Å². The number of aliphatic hydroxyl groups excluding tert-OH is 1. The molecule has 1 aliphatic rings. The third-order valence-corrected chi connectivity index (χ3v) is 2.90. The fourth-order valence-electron chi connectivity index (χ4n) is 1.89. The average Bonchev–Trinajstić information content (AvgIpc) is 2.57. The summed E-state index contributed by atoms with van der Waals surface area (Å²) in [6.07, 6.45) is 0.345. The van der Waals surface area contributed by atoms with Crippen molar-refractivity contribution in [3.05, 3.63) is 28.8 Å². The zero-order valence-corrected chi connectivity index (χ0v) is 9.44. The zero-order valence-electron chi connectivity index (χ0n) is 8.69. The normalized spacial score (nSPS) is 20.6. The molecule has 0 bridgehead atoms. The second-order valence-electron chi connectivity index (χ2n) is 3.90. The highest BCUT2D eigenvalue weighted by molar-refractivity contribution is 6.31. The maximum absolute atomic E-state index is 11.7. The molecule has 0 aromatic heterocycles. The first-order chi connectivity index (χ1) is 7.61. The minimum atomic E-state index is -0.141. The highest BCUT2D eigenvalue weighted by atomic mass is 35.5. The van der Waals surface area contributed by atoms with E-state index in [1.54, 1.807) is 23.1 Å². The van der Waals surface area contributed by atoms with Gasteiger partial charge in [-0.25, -0.2) is 0 Å². The van der Waals surface area contributed by atoms with Crippen LogP contribution in [-0.2, 0) is 11.4 Å². The van der Waals surface area contributed by atoms with Crippen molar-refractivity contribution in [2.24, 2.45) is 5.73 Å². The summed E-state index contributed by atoms with van der Waals surface area (Å²) in [5.41, 5.74) is 7.07. The van der Waals surface area contributed by atoms with Crippen LogP contribution in [0.4, 0.5) is 5.69 Å². The van der Waals surface area contributed by atoms with E-state index in [1.165, 1.54) is 0 Å². The van der Waals surface area contributed by atoms with Gasteiger partial charge in [-0.2, -0.15) is 0 Å². The average molecular weight is 241 g/mol. The highest BCUT2D eigenvalue weighted by Gasteiger charge is 2.29. The van der Waals surface area contributed by atoms with Gasteiger partial charge in [0.15, 0.2) is 0 Å². The fourth-order valence-corrected chi connectivity index (χ4v) is 2.06. The number of benzene rings is 1. The van der Waals surface area contributed by atoms with Crippen LogP contribution in [0.1, 0.15) is 12.0 Å². The SMILES string of the molecule is NC1CC(=O)N(c2cc(Cl)ccc2CO)C1. The quantitative estimate of drug-likeness (QED) is 0.807. The van der Waals surface area contributed by atoms with Gasteiger partial charge in [-0.05, 0) is 12.1 Å². The van der Waals surface area contributed by atoms with E-state index in [9.17, 15) is 9.90 Å². The van der Waals surface area contributed by atoms with Gasteiger partial charge in [-0.3, -0.25) is 4.79 Å². The molecule has 5 heteroatoms. The number of nitrogens with zero attached hydrogens (tertiary/aromatic N) is 1. The first-order valence-corrected chi connectivity index (χ1v) is 5.45. The van der Waals surface area contributed by atoms with Crippen molar-refractivity contribution in [3.8, 4) is 0 Å². The third-order valence-electron chi connectivity index (χ3n) is 2.66. The van der Waals surface area contributed by atoms with E-state index in [0.29, 0.717) is 29.2 Å². The Hall–Kier alpha value is -1.10. The molecule has 86 valence electrons. The van der Waals surface area contributed by atoms with Crippen molar-refractivity contribution in [3.63, 3.8) is 0 Å². The Balaban J connectivity index is 2.39. The second-order valence-corrected chi connectivity index (χ2v) is 4.34. The molecule has 1 aromatic carbocycles.